The molecule has 0 bridgehead atoms. The number of ketones is 1. The molecule has 1 aliphatic carbocycles. The highest BCUT2D eigenvalue weighted by Gasteiger charge is 2.41. The molecule has 1 fully saturated rings. The van der Waals surface area contributed by atoms with Gasteiger partial charge in [0.25, 0.3) is 10.0 Å². The van der Waals surface area contributed by atoms with Gasteiger partial charge in [0.05, 0.1) is 16.6 Å². The van der Waals surface area contributed by atoms with Crippen molar-refractivity contribution in [1.82, 2.24) is 10.1 Å². The number of fused-ring (bicyclic) bond motifs is 1. The van der Waals surface area contributed by atoms with Crippen LogP contribution in [0.4, 0.5) is 5.88 Å². The second kappa shape index (κ2) is 11.9. The molecule has 2 aromatic carbocycles. The van der Waals surface area contributed by atoms with Gasteiger partial charge in [0.2, 0.25) is 12.4 Å². The lowest BCUT2D eigenvalue weighted by atomic mass is 9.96. The van der Waals surface area contributed by atoms with Gasteiger partial charge in [-0.3, -0.25) is 9.79 Å². The van der Waals surface area contributed by atoms with E-state index in [9.17, 15) is 13.2 Å². The fourth-order valence-corrected chi connectivity index (χ4v) is 7.04. The molecular formula is C31H35N5O4S. The van der Waals surface area contributed by atoms with Gasteiger partial charge < -0.3 is 14.3 Å². The largest absolute Gasteiger partial charge is 0.344 e. The number of carbonyl (C=O) groups is 1. The van der Waals surface area contributed by atoms with Crippen LogP contribution in [0.15, 0.2) is 56.9 Å². The first-order chi connectivity index (χ1) is 19.7. The highest BCUT2D eigenvalue weighted by atomic mass is 32.2. The van der Waals surface area contributed by atoms with Crippen molar-refractivity contribution >= 4 is 27.5 Å². The van der Waals surface area contributed by atoms with E-state index in [1.807, 2.05) is 18.2 Å². The van der Waals surface area contributed by atoms with E-state index in [1.54, 1.807) is 38.1 Å². The van der Waals surface area contributed by atoms with Crippen LogP contribution in [0.3, 0.4) is 0 Å². The van der Waals surface area contributed by atoms with Crippen molar-refractivity contribution in [2.75, 3.05) is 4.72 Å². The van der Waals surface area contributed by atoms with Crippen LogP contribution < -0.4 is 4.72 Å². The summed E-state index contributed by atoms with van der Waals surface area (Å²) in [5.74, 6) is 1.31. The number of nitrogens with one attached hydrogen (secondary N) is 1. The Balaban J connectivity index is 1.49. The number of sulfonamides is 1. The number of benzene rings is 2. The zero-order chi connectivity index (χ0) is 29.1. The third kappa shape index (κ3) is 5.77. The molecule has 41 heavy (non-hydrogen) atoms. The van der Waals surface area contributed by atoms with Gasteiger partial charge in [-0.1, -0.05) is 48.8 Å². The molecule has 214 valence electrons. The number of hydrogen-bond donors (Lipinski definition) is 1. The van der Waals surface area contributed by atoms with Crippen molar-refractivity contribution in [3.05, 3.63) is 76.3 Å². The number of aromatic nitrogens is 1. The summed E-state index contributed by atoms with van der Waals surface area (Å²) < 4.78 is 34.7. The van der Waals surface area contributed by atoms with Gasteiger partial charge in [0.1, 0.15) is 11.9 Å². The van der Waals surface area contributed by atoms with Crippen molar-refractivity contribution in [2.45, 2.75) is 89.4 Å². The molecule has 3 aromatic rings. The minimum atomic E-state index is -4.02. The van der Waals surface area contributed by atoms with E-state index in [4.69, 9.17) is 16.1 Å². The molecular weight excluding hydrogens is 538 g/mol. The van der Waals surface area contributed by atoms with E-state index >= 15 is 0 Å². The summed E-state index contributed by atoms with van der Waals surface area (Å²) >= 11 is 0. The first-order valence-electron chi connectivity index (χ1n) is 14.1. The number of aryl methyl sites for hydroxylation is 1. The van der Waals surface area contributed by atoms with Crippen molar-refractivity contribution in [3.8, 4) is 11.1 Å². The number of hydrogen-bond acceptors (Lipinski definition) is 7. The lowest BCUT2D eigenvalue weighted by Crippen LogP contribution is -2.44. The van der Waals surface area contributed by atoms with Crippen LogP contribution in [0, 0.1) is 20.4 Å². The molecule has 1 N–H and O–H groups in total. The minimum Gasteiger partial charge on any atom is -0.344 e. The Kier molecular flexibility index (Phi) is 8.27. The summed E-state index contributed by atoms with van der Waals surface area (Å²) in [6.45, 7) is 13.8. The molecule has 0 radical (unpaired) electrons. The Morgan fingerprint density at radius 3 is 2.68 bits per heavy atom. The van der Waals surface area contributed by atoms with Crippen molar-refractivity contribution in [1.29, 1.82) is 0 Å². The minimum absolute atomic E-state index is 0.00917. The molecule has 1 saturated carbocycles. The molecule has 2 atom stereocenters. The predicted octanol–water partition coefficient (Wildman–Crippen LogP) is 6.07. The molecule has 10 heteroatoms. The van der Waals surface area contributed by atoms with Crippen LogP contribution in [-0.4, -0.2) is 42.2 Å². The van der Waals surface area contributed by atoms with Crippen LogP contribution in [0.1, 0.15) is 67.8 Å². The number of rotatable bonds is 9. The van der Waals surface area contributed by atoms with E-state index in [-0.39, 0.29) is 35.2 Å². The van der Waals surface area contributed by atoms with Crippen LogP contribution in [0.2, 0.25) is 0 Å². The molecule has 1 aromatic heterocycles. The second-order valence-electron chi connectivity index (χ2n) is 10.8. The molecule has 1 aliphatic heterocycles. The van der Waals surface area contributed by atoms with Crippen LogP contribution in [0.5, 0.6) is 0 Å². The van der Waals surface area contributed by atoms with E-state index < -0.39 is 10.0 Å². The fraction of sp³-hybridized carbons (Fsp3) is 0.419. The zero-order valence-electron chi connectivity index (χ0n) is 23.7. The fourth-order valence-electron chi connectivity index (χ4n) is 5.77. The lowest BCUT2D eigenvalue weighted by Gasteiger charge is -2.29. The summed E-state index contributed by atoms with van der Waals surface area (Å²) in [7, 11) is -4.02. The summed E-state index contributed by atoms with van der Waals surface area (Å²) in [4.78, 5) is 24.0. The molecule has 2 unspecified atom stereocenters. The van der Waals surface area contributed by atoms with Crippen LogP contribution >= 0.6 is 0 Å². The standard InChI is InChI=1S/C31H35N5O4S/c1-5-10-29-33-26-12-7-8-13-27(37)30(26)36(29)19-22-15-16-24(23(17-22)18-32-4)25-11-6-9-14-28(25)41(38,39)35-31-20(2)21(3)34-40-31/h6,9,11,14-17,26,30,35H,5,7-8,10,12-13,18-19H2,1-3H3. The quantitative estimate of drug-likeness (QED) is 0.311. The summed E-state index contributed by atoms with van der Waals surface area (Å²) in [5.41, 5.74) is 4.07. The molecule has 0 amide bonds. The average molecular weight is 574 g/mol. The molecule has 9 nitrogen and oxygen atoms in total. The molecule has 5 rings (SSSR count). The Hall–Kier alpha value is -3.97. The van der Waals surface area contributed by atoms with E-state index in [0.717, 1.165) is 49.1 Å². The Labute approximate surface area is 241 Å². The van der Waals surface area contributed by atoms with Crippen molar-refractivity contribution in [3.63, 3.8) is 0 Å². The average Bonchev–Trinajstić information content (AvgIpc) is 3.37. The highest BCUT2D eigenvalue weighted by molar-refractivity contribution is 7.92. The van der Waals surface area contributed by atoms with Gasteiger partial charge in [0, 0.05) is 36.1 Å². The summed E-state index contributed by atoms with van der Waals surface area (Å²) in [5, 5.41) is 3.85. The maximum absolute atomic E-state index is 13.5. The first kappa shape index (κ1) is 28.6. The number of anilines is 1. The molecule has 0 saturated heterocycles. The summed E-state index contributed by atoms with van der Waals surface area (Å²) in [6.07, 6.45) is 5.19. The normalized spacial score (nSPS) is 18.9. The topological polar surface area (TPSA) is 109 Å². The molecule has 2 heterocycles. The number of carbonyl (C=O) groups excluding carboxylic acids is 1. The monoisotopic (exact) mass is 573 g/mol. The highest BCUT2D eigenvalue weighted by Crippen LogP contribution is 2.35. The maximum Gasteiger partial charge on any atom is 0.264 e. The number of Topliss-reactive ketones (excluding diaryl/α,β-unsaturated/α-hetero) is 1. The molecule has 0 spiro atoms. The van der Waals surface area contributed by atoms with Crippen LogP contribution in [-0.2, 0) is 27.9 Å². The van der Waals surface area contributed by atoms with E-state index in [0.29, 0.717) is 35.3 Å². The van der Waals surface area contributed by atoms with Gasteiger partial charge in [-0.05, 0) is 56.4 Å². The van der Waals surface area contributed by atoms with Gasteiger partial charge in [-0.15, -0.1) is 0 Å². The molecule has 2 aliphatic rings. The number of aliphatic imine (C=N–C) groups is 1. The van der Waals surface area contributed by atoms with E-state index in [1.165, 1.54) is 0 Å². The third-order valence-electron chi connectivity index (χ3n) is 7.95. The number of amidine groups is 1. The van der Waals surface area contributed by atoms with Gasteiger partial charge >= 0.3 is 0 Å². The van der Waals surface area contributed by atoms with Crippen LogP contribution in [0.25, 0.3) is 16.0 Å². The second-order valence-corrected chi connectivity index (χ2v) is 12.4. The lowest BCUT2D eigenvalue weighted by molar-refractivity contribution is -0.122. The third-order valence-corrected chi connectivity index (χ3v) is 9.34. The summed E-state index contributed by atoms with van der Waals surface area (Å²) in [6, 6.07) is 12.3. The smallest absolute Gasteiger partial charge is 0.264 e. The van der Waals surface area contributed by atoms with Gasteiger partial charge in [0.15, 0.2) is 5.78 Å². The predicted molar refractivity (Wildman–Crippen MR) is 158 cm³/mol. The Morgan fingerprint density at radius 2 is 1.95 bits per heavy atom. The van der Waals surface area contributed by atoms with Gasteiger partial charge in [-0.25, -0.2) is 19.7 Å². The Morgan fingerprint density at radius 1 is 1.15 bits per heavy atom. The zero-order valence-corrected chi connectivity index (χ0v) is 24.5. The van der Waals surface area contributed by atoms with Crippen molar-refractivity contribution in [2.24, 2.45) is 4.99 Å². The Bertz CT molecular complexity index is 1640. The first-order valence-corrected chi connectivity index (χ1v) is 15.6. The maximum atomic E-state index is 13.5. The van der Waals surface area contributed by atoms with Gasteiger partial charge in [-0.2, -0.15) is 0 Å². The van der Waals surface area contributed by atoms with Crippen molar-refractivity contribution < 1.29 is 17.7 Å². The SMILES string of the molecule is [C-]#[N+]Cc1cc(CN2C(CCC)=NC3CCCCC(=O)C32)ccc1-c1ccccc1S(=O)(=O)Nc1onc(C)c1C. The van der Waals surface area contributed by atoms with E-state index in [2.05, 4.69) is 26.5 Å². The number of nitrogens with zero attached hydrogens (tertiary/aromatic N) is 4.